The third kappa shape index (κ3) is 2.73. The Labute approximate surface area is 100 Å². The molecule has 1 fully saturated rings. The van der Waals surface area contributed by atoms with E-state index in [1.165, 1.54) is 6.08 Å². The van der Waals surface area contributed by atoms with E-state index in [2.05, 4.69) is 6.58 Å². The van der Waals surface area contributed by atoms with Crippen LogP contribution in [0.4, 0.5) is 0 Å². The molecule has 1 saturated heterocycles. The van der Waals surface area contributed by atoms with Gasteiger partial charge in [0.2, 0.25) is 0 Å². The van der Waals surface area contributed by atoms with Crippen molar-refractivity contribution in [3.63, 3.8) is 0 Å². The van der Waals surface area contributed by atoms with E-state index in [0.717, 1.165) is 5.56 Å². The van der Waals surface area contributed by atoms with Crippen LogP contribution in [0.25, 0.3) is 0 Å². The van der Waals surface area contributed by atoms with Gasteiger partial charge in [0.05, 0.1) is 6.61 Å². The van der Waals surface area contributed by atoms with Crippen molar-refractivity contribution in [2.45, 2.75) is 31.2 Å². The predicted molar refractivity (Wildman–Crippen MR) is 62.1 cm³/mol. The molecule has 0 aromatic heterocycles. The first-order valence-electron chi connectivity index (χ1n) is 5.52. The summed E-state index contributed by atoms with van der Waals surface area (Å²) in [5, 5.41) is 19.1. The molecule has 1 aromatic rings. The van der Waals surface area contributed by atoms with Crippen LogP contribution in [0.1, 0.15) is 5.56 Å². The number of aliphatic hydroxyl groups excluding tert-OH is 2. The number of aliphatic hydroxyl groups is 2. The van der Waals surface area contributed by atoms with E-state index in [9.17, 15) is 10.2 Å². The number of hydrogen-bond donors (Lipinski definition) is 2. The Bertz CT molecular complexity index is 365. The first-order valence-corrected chi connectivity index (χ1v) is 5.52. The minimum absolute atomic E-state index is 0.364. The fourth-order valence-corrected chi connectivity index (χ4v) is 1.83. The van der Waals surface area contributed by atoms with Gasteiger partial charge in [0, 0.05) is 0 Å². The highest BCUT2D eigenvalue weighted by molar-refractivity contribution is 5.13. The second kappa shape index (κ2) is 5.42. The van der Waals surface area contributed by atoms with Gasteiger partial charge in [-0.15, -0.1) is 6.58 Å². The van der Waals surface area contributed by atoms with Crippen LogP contribution in [-0.2, 0) is 16.1 Å². The highest BCUT2D eigenvalue weighted by Crippen LogP contribution is 2.24. The molecule has 92 valence electrons. The van der Waals surface area contributed by atoms with Crippen LogP contribution in [0.3, 0.4) is 0 Å². The Hall–Kier alpha value is -1.20. The molecule has 2 N–H and O–H groups in total. The molecule has 0 bridgehead atoms. The standard InChI is InChI=1S/C13H16O4/c1-2-10-12(11(14)13(15)17-10)16-8-9-6-4-3-5-7-9/h2-7,10-15H,1,8H2/t10-,11-,12+,13?/m1/s1. The summed E-state index contributed by atoms with van der Waals surface area (Å²) in [5.41, 5.74) is 1.00. The topological polar surface area (TPSA) is 58.9 Å². The molecule has 0 spiro atoms. The van der Waals surface area contributed by atoms with Crippen LogP contribution >= 0.6 is 0 Å². The van der Waals surface area contributed by atoms with Crippen molar-refractivity contribution in [2.75, 3.05) is 0 Å². The molecule has 0 radical (unpaired) electrons. The Morgan fingerprint density at radius 1 is 1.29 bits per heavy atom. The van der Waals surface area contributed by atoms with E-state index in [4.69, 9.17) is 9.47 Å². The lowest BCUT2D eigenvalue weighted by molar-refractivity contribution is -0.121. The van der Waals surface area contributed by atoms with E-state index in [1.807, 2.05) is 30.3 Å². The van der Waals surface area contributed by atoms with E-state index in [0.29, 0.717) is 6.61 Å². The second-order valence-electron chi connectivity index (χ2n) is 3.98. The highest BCUT2D eigenvalue weighted by atomic mass is 16.7. The van der Waals surface area contributed by atoms with Gasteiger partial charge in [-0.25, -0.2) is 0 Å². The van der Waals surface area contributed by atoms with Crippen molar-refractivity contribution in [3.8, 4) is 0 Å². The molecule has 4 nitrogen and oxygen atoms in total. The fraction of sp³-hybridized carbons (Fsp3) is 0.385. The zero-order valence-electron chi connectivity index (χ0n) is 9.40. The summed E-state index contributed by atoms with van der Waals surface area (Å²) in [7, 11) is 0. The molecule has 2 rings (SSSR count). The SMILES string of the molecule is C=C[C@H]1OC(O)[C@H](O)[C@H]1OCc1ccccc1. The minimum atomic E-state index is -1.21. The number of ether oxygens (including phenoxy) is 2. The minimum Gasteiger partial charge on any atom is -0.385 e. The molecule has 17 heavy (non-hydrogen) atoms. The van der Waals surface area contributed by atoms with Crippen molar-refractivity contribution >= 4 is 0 Å². The smallest absolute Gasteiger partial charge is 0.184 e. The van der Waals surface area contributed by atoms with Crippen molar-refractivity contribution in [2.24, 2.45) is 0 Å². The average molecular weight is 236 g/mol. The molecular weight excluding hydrogens is 220 g/mol. The van der Waals surface area contributed by atoms with Gasteiger partial charge < -0.3 is 19.7 Å². The van der Waals surface area contributed by atoms with Crippen LogP contribution in [0.2, 0.25) is 0 Å². The molecule has 1 aliphatic heterocycles. The summed E-state index contributed by atoms with van der Waals surface area (Å²) in [5.74, 6) is 0. The second-order valence-corrected chi connectivity index (χ2v) is 3.98. The van der Waals surface area contributed by atoms with Crippen LogP contribution in [0, 0.1) is 0 Å². The Morgan fingerprint density at radius 3 is 2.65 bits per heavy atom. The maximum atomic E-state index is 9.69. The maximum absolute atomic E-state index is 9.69. The van der Waals surface area contributed by atoms with E-state index in [1.54, 1.807) is 0 Å². The summed E-state index contributed by atoms with van der Waals surface area (Å²) in [6.45, 7) is 3.95. The van der Waals surface area contributed by atoms with Crippen LogP contribution in [-0.4, -0.2) is 34.8 Å². The molecule has 1 unspecified atom stereocenters. The average Bonchev–Trinajstić information content (AvgIpc) is 2.64. The molecule has 4 heteroatoms. The summed E-state index contributed by atoms with van der Waals surface area (Å²) in [4.78, 5) is 0. The predicted octanol–water partition coefficient (Wildman–Crippen LogP) is 0.836. The monoisotopic (exact) mass is 236 g/mol. The zero-order chi connectivity index (χ0) is 12.3. The van der Waals surface area contributed by atoms with Crippen LogP contribution in [0.5, 0.6) is 0 Å². The Morgan fingerprint density at radius 2 is 2.00 bits per heavy atom. The molecule has 0 aliphatic carbocycles. The highest BCUT2D eigenvalue weighted by Gasteiger charge is 2.42. The van der Waals surface area contributed by atoms with E-state index < -0.39 is 24.6 Å². The Balaban J connectivity index is 1.96. The van der Waals surface area contributed by atoms with Crippen molar-refractivity contribution in [1.29, 1.82) is 0 Å². The van der Waals surface area contributed by atoms with Gasteiger partial charge in [-0.3, -0.25) is 0 Å². The van der Waals surface area contributed by atoms with E-state index >= 15 is 0 Å². The molecule has 1 heterocycles. The largest absolute Gasteiger partial charge is 0.385 e. The molecular formula is C13H16O4. The van der Waals surface area contributed by atoms with Crippen molar-refractivity contribution in [3.05, 3.63) is 48.6 Å². The lowest BCUT2D eigenvalue weighted by Gasteiger charge is -2.18. The summed E-state index contributed by atoms with van der Waals surface area (Å²) < 4.78 is 10.7. The fourth-order valence-electron chi connectivity index (χ4n) is 1.83. The Kier molecular flexibility index (Phi) is 3.91. The lowest BCUT2D eigenvalue weighted by atomic mass is 10.1. The van der Waals surface area contributed by atoms with Gasteiger partial charge in [-0.1, -0.05) is 36.4 Å². The lowest BCUT2D eigenvalue weighted by Crippen LogP contribution is -2.34. The quantitative estimate of drug-likeness (QED) is 0.760. The number of hydrogen-bond acceptors (Lipinski definition) is 4. The first kappa shape index (κ1) is 12.3. The third-order valence-corrected chi connectivity index (χ3v) is 2.77. The summed E-state index contributed by atoms with van der Waals surface area (Å²) in [6.07, 6.45) is -1.79. The molecule has 0 saturated carbocycles. The first-order chi connectivity index (χ1) is 8.22. The van der Waals surface area contributed by atoms with Crippen molar-refractivity contribution in [1.82, 2.24) is 0 Å². The molecule has 4 atom stereocenters. The number of rotatable bonds is 4. The summed E-state index contributed by atoms with van der Waals surface area (Å²) in [6, 6.07) is 9.62. The maximum Gasteiger partial charge on any atom is 0.184 e. The van der Waals surface area contributed by atoms with Crippen LogP contribution < -0.4 is 0 Å². The normalized spacial score (nSPS) is 32.6. The van der Waals surface area contributed by atoms with Gasteiger partial charge in [0.1, 0.15) is 18.3 Å². The zero-order valence-corrected chi connectivity index (χ0v) is 9.40. The van der Waals surface area contributed by atoms with Gasteiger partial charge >= 0.3 is 0 Å². The number of benzene rings is 1. The van der Waals surface area contributed by atoms with Gasteiger partial charge in [0.25, 0.3) is 0 Å². The molecule has 0 amide bonds. The molecule has 1 aliphatic rings. The molecule has 1 aromatic carbocycles. The van der Waals surface area contributed by atoms with Gasteiger partial charge in [-0.05, 0) is 5.56 Å². The van der Waals surface area contributed by atoms with Gasteiger partial charge in [0.15, 0.2) is 6.29 Å². The third-order valence-electron chi connectivity index (χ3n) is 2.77. The summed E-state index contributed by atoms with van der Waals surface area (Å²) >= 11 is 0. The van der Waals surface area contributed by atoms with Crippen molar-refractivity contribution < 1.29 is 19.7 Å². The van der Waals surface area contributed by atoms with Crippen LogP contribution in [0.15, 0.2) is 43.0 Å². The van der Waals surface area contributed by atoms with E-state index in [-0.39, 0.29) is 0 Å². The van der Waals surface area contributed by atoms with Gasteiger partial charge in [-0.2, -0.15) is 0 Å².